The van der Waals surface area contributed by atoms with Crippen LogP contribution in [0.25, 0.3) is 0 Å². The second-order valence-corrected chi connectivity index (χ2v) is 6.64. The van der Waals surface area contributed by atoms with E-state index >= 15 is 0 Å². The first-order valence-corrected chi connectivity index (χ1v) is 9.65. The fourth-order valence-electron chi connectivity index (χ4n) is 2.63. The predicted molar refractivity (Wildman–Crippen MR) is 111 cm³/mol. The van der Waals surface area contributed by atoms with Crippen LogP contribution in [-0.2, 0) is 11.4 Å². The Balaban J connectivity index is 1.33. The minimum absolute atomic E-state index is 0.0877. The number of amides is 2. The lowest BCUT2D eigenvalue weighted by molar-refractivity contribution is -0.122. The molecule has 0 fully saturated rings. The summed E-state index contributed by atoms with van der Waals surface area (Å²) < 4.78 is 16.6. The molecule has 0 spiro atoms. The summed E-state index contributed by atoms with van der Waals surface area (Å²) in [6, 6.07) is 20.2. The van der Waals surface area contributed by atoms with Crippen LogP contribution >= 0.6 is 0 Å². The lowest BCUT2D eigenvalue weighted by Crippen LogP contribution is -2.41. The molecule has 0 unspecified atom stereocenters. The van der Waals surface area contributed by atoms with Crippen LogP contribution in [0.4, 0.5) is 0 Å². The van der Waals surface area contributed by atoms with E-state index in [-0.39, 0.29) is 24.7 Å². The van der Waals surface area contributed by atoms with Crippen molar-refractivity contribution in [1.82, 2.24) is 10.9 Å². The molecule has 7 nitrogen and oxygen atoms in total. The molecule has 7 heteroatoms. The molecule has 0 bridgehead atoms. The van der Waals surface area contributed by atoms with Gasteiger partial charge in [-0.15, -0.1) is 0 Å². The van der Waals surface area contributed by atoms with Gasteiger partial charge in [0.1, 0.15) is 23.9 Å². The summed E-state index contributed by atoms with van der Waals surface area (Å²) in [5, 5.41) is 0. The van der Waals surface area contributed by atoms with Gasteiger partial charge in [0, 0.05) is 6.42 Å². The van der Waals surface area contributed by atoms with Crippen LogP contribution in [-0.4, -0.2) is 18.4 Å². The Labute approximate surface area is 175 Å². The van der Waals surface area contributed by atoms with Gasteiger partial charge in [-0.3, -0.25) is 20.4 Å². The van der Waals surface area contributed by atoms with Crippen LogP contribution in [0.15, 0.2) is 71.1 Å². The van der Waals surface area contributed by atoms with Gasteiger partial charge in [0.25, 0.3) is 0 Å². The molecule has 3 rings (SSSR count). The van der Waals surface area contributed by atoms with Gasteiger partial charge in [-0.1, -0.05) is 30.3 Å². The van der Waals surface area contributed by atoms with Gasteiger partial charge in [0.2, 0.25) is 5.91 Å². The van der Waals surface area contributed by atoms with Crippen LogP contribution in [0, 0.1) is 6.92 Å². The maximum Gasteiger partial charge on any atom is 0.305 e. The van der Waals surface area contributed by atoms with Crippen molar-refractivity contribution in [2.24, 2.45) is 0 Å². The third-order valence-corrected chi connectivity index (χ3v) is 4.13. The number of ether oxygens (including phenoxy) is 2. The molecule has 0 aliphatic heterocycles. The molecule has 0 aliphatic carbocycles. The molecule has 2 aromatic carbocycles. The molecule has 1 aromatic heterocycles. The lowest BCUT2D eigenvalue weighted by Gasteiger charge is -2.08. The van der Waals surface area contributed by atoms with Crippen molar-refractivity contribution in [3.05, 3.63) is 83.8 Å². The number of benzene rings is 2. The molecule has 156 valence electrons. The van der Waals surface area contributed by atoms with Crippen molar-refractivity contribution < 1.29 is 23.5 Å². The van der Waals surface area contributed by atoms with Gasteiger partial charge in [0.15, 0.2) is 5.76 Å². The fraction of sp³-hybridized carbons (Fsp3) is 0.217. The second kappa shape index (κ2) is 10.7. The predicted octanol–water partition coefficient (Wildman–Crippen LogP) is 3.79. The van der Waals surface area contributed by atoms with Gasteiger partial charge in [0.05, 0.1) is 6.61 Å². The van der Waals surface area contributed by atoms with Crippen molar-refractivity contribution in [1.29, 1.82) is 0 Å². The maximum absolute atomic E-state index is 12.1. The average molecular weight is 408 g/mol. The van der Waals surface area contributed by atoms with E-state index in [1.54, 1.807) is 6.07 Å². The molecular formula is C23H24N2O5. The zero-order valence-corrected chi connectivity index (χ0v) is 16.7. The van der Waals surface area contributed by atoms with E-state index in [1.807, 2.05) is 61.5 Å². The molecule has 0 aliphatic rings. The van der Waals surface area contributed by atoms with E-state index < -0.39 is 5.91 Å². The van der Waals surface area contributed by atoms with Crippen molar-refractivity contribution >= 4 is 11.8 Å². The average Bonchev–Trinajstić information content (AvgIpc) is 3.24. The van der Waals surface area contributed by atoms with Crippen molar-refractivity contribution in [3.8, 4) is 11.5 Å². The number of carbonyl (C=O) groups is 2. The number of nitrogens with one attached hydrogen (secondary N) is 2. The Hall–Kier alpha value is -3.74. The zero-order valence-electron chi connectivity index (χ0n) is 16.7. The minimum Gasteiger partial charge on any atom is -0.494 e. The molecular weight excluding hydrogens is 384 g/mol. The minimum atomic E-state index is -0.537. The Morgan fingerprint density at radius 1 is 0.900 bits per heavy atom. The van der Waals surface area contributed by atoms with E-state index in [0.29, 0.717) is 24.5 Å². The van der Waals surface area contributed by atoms with E-state index in [2.05, 4.69) is 10.9 Å². The summed E-state index contributed by atoms with van der Waals surface area (Å²) in [5.41, 5.74) is 5.82. The normalized spacial score (nSPS) is 10.3. The molecule has 0 saturated heterocycles. The van der Waals surface area contributed by atoms with Gasteiger partial charge >= 0.3 is 5.91 Å². The number of hydrazine groups is 1. The first-order chi connectivity index (χ1) is 14.6. The number of aryl methyl sites for hydroxylation is 1. The van der Waals surface area contributed by atoms with E-state index in [1.165, 1.54) is 6.07 Å². The monoisotopic (exact) mass is 408 g/mol. The highest BCUT2D eigenvalue weighted by Crippen LogP contribution is 2.14. The summed E-state index contributed by atoms with van der Waals surface area (Å²) in [6.07, 6.45) is 0.748. The van der Waals surface area contributed by atoms with Crippen molar-refractivity contribution in [2.45, 2.75) is 26.4 Å². The largest absolute Gasteiger partial charge is 0.494 e. The number of carbonyl (C=O) groups excluding carboxylic acids is 2. The summed E-state index contributed by atoms with van der Waals surface area (Å²) in [7, 11) is 0. The van der Waals surface area contributed by atoms with Crippen LogP contribution in [0.1, 0.15) is 34.7 Å². The number of para-hydroxylation sites is 1. The fourth-order valence-corrected chi connectivity index (χ4v) is 2.63. The number of hydrogen-bond donors (Lipinski definition) is 2. The second-order valence-electron chi connectivity index (χ2n) is 6.64. The molecule has 2 N–H and O–H groups in total. The third-order valence-electron chi connectivity index (χ3n) is 4.13. The Morgan fingerprint density at radius 3 is 2.50 bits per heavy atom. The van der Waals surface area contributed by atoms with E-state index in [0.717, 1.165) is 11.3 Å². The summed E-state index contributed by atoms with van der Waals surface area (Å²) in [5.74, 6) is 1.22. The number of hydrogen-bond acceptors (Lipinski definition) is 5. The van der Waals surface area contributed by atoms with Gasteiger partial charge in [-0.05, 0) is 55.3 Å². The highest BCUT2D eigenvalue weighted by Gasteiger charge is 2.12. The smallest absolute Gasteiger partial charge is 0.305 e. The van der Waals surface area contributed by atoms with Gasteiger partial charge in [-0.25, -0.2) is 0 Å². The van der Waals surface area contributed by atoms with Crippen LogP contribution in [0.2, 0.25) is 0 Å². The SMILES string of the molecule is Cc1cccc(OCCCC(=O)NNC(=O)c2ccc(COc3ccccc3)o2)c1. The van der Waals surface area contributed by atoms with E-state index in [4.69, 9.17) is 13.9 Å². The van der Waals surface area contributed by atoms with Gasteiger partial charge in [-0.2, -0.15) is 0 Å². The molecule has 1 heterocycles. The Morgan fingerprint density at radius 2 is 1.70 bits per heavy atom. The molecule has 3 aromatic rings. The molecule has 2 amide bonds. The summed E-state index contributed by atoms with van der Waals surface area (Å²) in [4.78, 5) is 24.0. The molecule has 0 saturated carbocycles. The molecule has 30 heavy (non-hydrogen) atoms. The zero-order chi connectivity index (χ0) is 21.2. The summed E-state index contributed by atoms with van der Waals surface area (Å²) >= 11 is 0. The van der Waals surface area contributed by atoms with Gasteiger partial charge < -0.3 is 13.9 Å². The summed E-state index contributed by atoms with van der Waals surface area (Å²) in [6.45, 7) is 2.60. The lowest BCUT2D eigenvalue weighted by atomic mass is 10.2. The standard InChI is InChI=1S/C23H24N2O5/c1-17-7-5-10-19(15-17)28-14-6-11-22(26)24-25-23(27)21-13-12-20(30-21)16-29-18-8-3-2-4-9-18/h2-5,7-10,12-13,15H,6,11,14,16H2,1H3,(H,24,26)(H,25,27). The number of furan rings is 1. The first-order valence-electron chi connectivity index (χ1n) is 9.65. The molecule has 0 atom stereocenters. The highest BCUT2D eigenvalue weighted by molar-refractivity contribution is 5.92. The quantitative estimate of drug-likeness (QED) is 0.415. The third kappa shape index (κ3) is 6.70. The maximum atomic E-state index is 12.1. The molecule has 0 radical (unpaired) electrons. The van der Waals surface area contributed by atoms with Crippen LogP contribution in [0.3, 0.4) is 0 Å². The van der Waals surface area contributed by atoms with Crippen molar-refractivity contribution in [3.63, 3.8) is 0 Å². The highest BCUT2D eigenvalue weighted by atomic mass is 16.5. The first kappa shape index (κ1) is 21.0. The topological polar surface area (TPSA) is 89.8 Å². The van der Waals surface area contributed by atoms with Crippen LogP contribution < -0.4 is 20.3 Å². The van der Waals surface area contributed by atoms with Crippen molar-refractivity contribution in [2.75, 3.05) is 6.61 Å². The Bertz CT molecular complexity index is 968. The number of rotatable bonds is 9. The van der Waals surface area contributed by atoms with E-state index in [9.17, 15) is 9.59 Å². The Kier molecular flexibility index (Phi) is 7.49. The van der Waals surface area contributed by atoms with Crippen LogP contribution in [0.5, 0.6) is 11.5 Å².